The summed E-state index contributed by atoms with van der Waals surface area (Å²) in [5.74, 6) is 2.28. The third-order valence-electron chi connectivity index (χ3n) is 9.42. The first-order valence-electron chi connectivity index (χ1n) is 10.3. The number of aliphatic hydroxyl groups excluding tert-OH is 2. The summed E-state index contributed by atoms with van der Waals surface area (Å²) in [6.07, 6.45) is 8.29. The van der Waals surface area contributed by atoms with Gasteiger partial charge in [-0.3, -0.25) is 0 Å². The Morgan fingerprint density at radius 2 is 1.71 bits per heavy atom. The summed E-state index contributed by atoms with van der Waals surface area (Å²) in [6, 6.07) is 0. The van der Waals surface area contributed by atoms with E-state index in [-0.39, 0.29) is 23.0 Å². The molecule has 0 bridgehead atoms. The van der Waals surface area contributed by atoms with Crippen molar-refractivity contribution in [3.05, 3.63) is 0 Å². The minimum Gasteiger partial charge on any atom is -0.393 e. The van der Waals surface area contributed by atoms with E-state index in [0.29, 0.717) is 30.1 Å². The second kappa shape index (κ2) is 5.44. The van der Waals surface area contributed by atoms with E-state index in [1.807, 2.05) is 0 Å². The van der Waals surface area contributed by atoms with E-state index in [1.165, 1.54) is 6.42 Å². The fraction of sp³-hybridized carbons (Fsp3) is 1.00. The molecule has 9 atom stereocenters. The van der Waals surface area contributed by atoms with Crippen molar-refractivity contribution in [3.8, 4) is 0 Å². The summed E-state index contributed by atoms with van der Waals surface area (Å²) < 4.78 is 0. The van der Waals surface area contributed by atoms with Crippen molar-refractivity contribution in [2.75, 3.05) is 0 Å². The molecule has 4 unspecified atom stereocenters. The predicted molar refractivity (Wildman–Crippen MR) is 94.4 cm³/mol. The van der Waals surface area contributed by atoms with E-state index in [1.54, 1.807) is 0 Å². The van der Waals surface area contributed by atoms with Gasteiger partial charge in [-0.05, 0) is 79.4 Å². The molecule has 0 aliphatic heterocycles. The summed E-state index contributed by atoms with van der Waals surface area (Å²) in [4.78, 5) is 0. The van der Waals surface area contributed by atoms with Crippen LogP contribution < -0.4 is 0 Å². The molecule has 4 fully saturated rings. The fourth-order valence-corrected chi connectivity index (χ4v) is 7.77. The van der Waals surface area contributed by atoms with Gasteiger partial charge in [0.2, 0.25) is 0 Å². The molecule has 0 amide bonds. The highest BCUT2D eigenvalue weighted by Crippen LogP contribution is 2.68. The molecule has 4 aliphatic rings. The van der Waals surface area contributed by atoms with Crippen LogP contribution >= 0.6 is 0 Å². The second-order valence-corrected chi connectivity index (χ2v) is 10.2. The minimum absolute atomic E-state index is 0.0499. The van der Waals surface area contributed by atoms with Crippen molar-refractivity contribution in [3.63, 3.8) is 0 Å². The number of hydrogen-bond donors (Lipinski definition) is 3. The minimum atomic E-state index is -0.680. The van der Waals surface area contributed by atoms with Gasteiger partial charge in [0.05, 0.1) is 17.8 Å². The van der Waals surface area contributed by atoms with Gasteiger partial charge in [0.1, 0.15) is 0 Å². The highest BCUT2D eigenvalue weighted by Gasteiger charge is 2.65. The lowest BCUT2D eigenvalue weighted by Crippen LogP contribution is -2.63. The number of fused-ring (bicyclic) bond motifs is 5. The maximum absolute atomic E-state index is 11.4. The second-order valence-electron chi connectivity index (χ2n) is 10.2. The van der Waals surface area contributed by atoms with Crippen LogP contribution in [0.15, 0.2) is 0 Å². The lowest BCUT2D eigenvalue weighted by atomic mass is 9.43. The molecule has 0 aromatic rings. The van der Waals surface area contributed by atoms with E-state index >= 15 is 0 Å². The van der Waals surface area contributed by atoms with Crippen molar-refractivity contribution in [1.82, 2.24) is 0 Å². The van der Waals surface area contributed by atoms with Crippen LogP contribution in [-0.2, 0) is 0 Å². The first kappa shape index (κ1) is 17.3. The van der Waals surface area contributed by atoms with Crippen molar-refractivity contribution in [1.29, 1.82) is 0 Å². The lowest BCUT2D eigenvalue weighted by molar-refractivity contribution is -0.221. The van der Waals surface area contributed by atoms with Crippen LogP contribution in [0.4, 0.5) is 0 Å². The lowest BCUT2D eigenvalue weighted by Gasteiger charge is -2.63. The molecule has 4 rings (SSSR count). The first-order valence-corrected chi connectivity index (χ1v) is 10.3. The molecule has 0 aromatic carbocycles. The van der Waals surface area contributed by atoms with Gasteiger partial charge >= 0.3 is 0 Å². The number of hydrogen-bond acceptors (Lipinski definition) is 3. The van der Waals surface area contributed by atoms with Crippen LogP contribution in [0.5, 0.6) is 0 Å². The van der Waals surface area contributed by atoms with E-state index in [4.69, 9.17) is 0 Å². The summed E-state index contributed by atoms with van der Waals surface area (Å²) in [7, 11) is 0. The average molecular weight is 337 g/mol. The van der Waals surface area contributed by atoms with E-state index in [0.717, 1.165) is 44.9 Å². The van der Waals surface area contributed by atoms with Crippen LogP contribution in [0.1, 0.15) is 78.6 Å². The summed E-state index contributed by atoms with van der Waals surface area (Å²) in [5, 5.41) is 32.5. The molecule has 3 nitrogen and oxygen atoms in total. The zero-order valence-corrected chi connectivity index (χ0v) is 15.7. The van der Waals surface area contributed by atoms with Gasteiger partial charge in [0.15, 0.2) is 0 Å². The largest absolute Gasteiger partial charge is 0.393 e. The molecular weight excluding hydrogens is 300 g/mol. The predicted octanol–water partition coefficient (Wildman–Crippen LogP) is 3.50. The summed E-state index contributed by atoms with van der Waals surface area (Å²) in [5.41, 5.74) is -0.644. The zero-order valence-electron chi connectivity index (χ0n) is 15.7. The molecule has 24 heavy (non-hydrogen) atoms. The molecule has 3 N–H and O–H groups in total. The van der Waals surface area contributed by atoms with Crippen molar-refractivity contribution >= 4 is 0 Å². The van der Waals surface area contributed by atoms with E-state index < -0.39 is 5.60 Å². The molecule has 3 heteroatoms. The monoisotopic (exact) mass is 336 g/mol. The van der Waals surface area contributed by atoms with Crippen molar-refractivity contribution < 1.29 is 15.3 Å². The van der Waals surface area contributed by atoms with Crippen molar-refractivity contribution in [2.24, 2.45) is 34.5 Å². The van der Waals surface area contributed by atoms with Gasteiger partial charge < -0.3 is 15.3 Å². The van der Waals surface area contributed by atoms with E-state index in [2.05, 4.69) is 20.8 Å². The topological polar surface area (TPSA) is 60.7 Å². The van der Waals surface area contributed by atoms with Crippen LogP contribution in [0.2, 0.25) is 0 Å². The maximum atomic E-state index is 11.4. The van der Waals surface area contributed by atoms with Gasteiger partial charge in [-0.15, -0.1) is 0 Å². The molecule has 138 valence electrons. The highest BCUT2D eigenvalue weighted by atomic mass is 16.3. The standard InChI is InChI=1S/C21H36O3/c1-4-13-11-17-15-6-10-21(24)12-14(22)5-9-20(21,3)16(15)7-8-19(17,2)18(13)23/h13-18,22-24H,4-12H2,1-3H3/t13?,14?,15-,16-,17+,18?,19+,20-,21?/m1/s1. The molecule has 4 saturated carbocycles. The average Bonchev–Trinajstić information content (AvgIpc) is 2.80. The van der Waals surface area contributed by atoms with Gasteiger partial charge in [-0.25, -0.2) is 0 Å². The van der Waals surface area contributed by atoms with Crippen LogP contribution in [0.3, 0.4) is 0 Å². The Morgan fingerprint density at radius 1 is 0.958 bits per heavy atom. The normalized spacial score (nSPS) is 60.2. The Labute approximate surface area is 146 Å². The Bertz CT molecular complexity index is 507. The van der Waals surface area contributed by atoms with E-state index in [9.17, 15) is 15.3 Å². The number of aliphatic hydroxyl groups is 3. The Balaban J connectivity index is 1.66. The van der Waals surface area contributed by atoms with Gasteiger partial charge in [-0.1, -0.05) is 27.2 Å². The Hall–Kier alpha value is -0.120. The molecule has 0 aromatic heterocycles. The zero-order chi connectivity index (χ0) is 17.3. The van der Waals surface area contributed by atoms with Gasteiger partial charge in [0, 0.05) is 6.42 Å². The van der Waals surface area contributed by atoms with Gasteiger partial charge in [-0.2, -0.15) is 0 Å². The molecule has 0 saturated heterocycles. The highest BCUT2D eigenvalue weighted by molar-refractivity contribution is 5.15. The van der Waals surface area contributed by atoms with Gasteiger partial charge in [0.25, 0.3) is 0 Å². The smallest absolute Gasteiger partial charge is 0.0728 e. The van der Waals surface area contributed by atoms with Crippen molar-refractivity contribution in [2.45, 2.75) is 96.4 Å². The quantitative estimate of drug-likeness (QED) is 0.687. The molecule has 0 heterocycles. The first-order chi connectivity index (χ1) is 11.2. The molecular formula is C21H36O3. The van der Waals surface area contributed by atoms with Crippen LogP contribution in [0, 0.1) is 34.5 Å². The maximum Gasteiger partial charge on any atom is 0.0728 e. The molecule has 4 aliphatic carbocycles. The third-order valence-corrected chi connectivity index (χ3v) is 9.42. The Morgan fingerprint density at radius 3 is 2.42 bits per heavy atom. The molecule has 0 spiro atoms. The fourth-order valence-electron chi connectivity index (χ4n) is 7.77. The van der Waals surface area contributed by atoms with Crippen LogP contribution in [0.25, 0.3) is 0 Å². The van der Waals surface area contributed by atoms with Crippen LogP contribution in [-0.4, -0.2) is 33.1 Å². The SMILES string of the molecule is CCC1C[C@H]2[C@@H]3CCC4(O)CC(O)CC[C@]4(C)[C@@H]3CC[C@]2(C)C1O. The summed E-state index contributed by atoms with van der Waals surface area (Å²) in [6.45, 7) is 6.86. The third kappa shape index (κ3) is 2.07. The number of rotatable bonds is 1. The Kier molecular flexibility index (Phi) is 3.92. The molecule has 0 radical (unpaired) electrons. The summed E-state index contributed by atoms with van der Waals surface area (Å²) >= 11 is 0.